The molecule has 0 aliphatic heterocycles. The quantitative estimate of drug-likeness (QED) is 0.363. The predicted molar refractivity (Wildman–Crippen MR) is 60.7 cm³/mol. The Hall–Kier alpha value is -2.24. The van der Waals surface area contributed by atoms with Crippen LogP contribution < -0.4 is 14.2 Å². The van der Waals surface area contributed by atoms with Crippen LogP contribution in [0, 0.1) is 0 Å². The summed E-state index contributed by atoms with van der Waals surface area (Å²) >= 11 is 0. The molecule has 6 heteroatoms. The lowest BCUT2D eigenvalue weighted by Crippen LogP contribution is -2.03. The number of hydrogen-bond acceptors (Lipinski definition) is 6. The summed E-state index contributed by atoms with van der Waals surface area (Å²) in [6, 6.07) is 2.96. The zero-order valence-electron chi connectivity index (χ0n) is 9.76. The Kier molecular flexibility index (Phi) is 4.33. The predicted octanol–water partition coefficient (Wildman–Crippen LogP) is 1.36. The van der Waals surface area contributed by atoms with Crippen LogP contribution >= 0.6 is 0 Å². The van der Waals surface area contributed by atoms with Crippen LogP contribution in [0.4, 0.5) is 0 Å². The van der Waals surface area contributed by atoms with Gasteiger partial charge in [-0.25, -0.2) is 0 Å². The smallest absolute Gasteiger partial charge is 0.207 e. The fourth-order valence-electron chi connectivity index (χ4n) is 1.35. The highest BCUT2D eigenvalue weighted by Gasteiger charge is 2.15. The maximum Gasteiger partial charge on any atom is 0.207 e. The molecular formula is C11H13NO5. The maximum atomic E-state index is 11.5. The molecule has 0 unspecified atom stereocenters. The fourth-order valence-corrected chi connectivity index (χ4v) is 1.35. The zero-order valence-corrected chi connectivity index (χ0v) is 9.76. The van der Waals surface area contributed by atoms with E-state index in [2.05, 4.69) is 5.16 Å². The van der Waals surface area contributed by atoms with E-state index in [0.29, 0.717) is 17.2 Å². The van der Waals surface area contributed by atoms with Crippen molar-refractivity contribution in [3.63, 3.8) is 0 Å². The van der Waals surface area contributed by atoms with Gasteiger partial charge in [-0.3, -0.25) is 4.79 Å². The minimum absolute atomic E-state index is 0.275. The van der Waals surface area contributed by atoms with Crippen LogP contribution in [0.25, 0.3) is 0 Å². The second-order valence-corrected chi connectivity index (χ2v) is 3.02. The minimum atomic E-state index is -0.466. The molecule has 6 nitrogen and oxygen atoms in total. The normalized spacial score (nSPS) is 10.3. The molecule has 17 heavy (non-hydrogen) atoms. The Balaban J connectivity index is 3.31. The van der Waals surface area contributed by atoms with Crippen molar-refractivity contribution in [1.29, 1.82) is 0 Å². The number of oxime groups is 1. The molecule has 1 N–H and O–H groups in total. The molecule has 1 aromatic carbocycles. The van der Waals surface area contributed by atoms with E-state index in [1.807, 2.05) is 0 Å². The van der Waals surface area contributed by atoms with E-state index in [0.717, 1.165) is 6.21 Å². The average Bonchev–Trinajstić information content (AvgIpc) is 2.37. The van der Waals surface area contributed by atoms with Gasteiger partial charge in [0.2, 0.25) is 11.5 Å². The fraction of sp³-hybridized carbons (Fsp3) is 0.273. The topological polar surface area (TPSA) is 77.4 Å². The molecule has 0 saturated carbocycles. The van der Waals surface area contributed by atoms with Gasteiger partial charge in [-0.15, -0.1) is 0 Å². The molecule has 0 aromatic heterocycles. The van der Waals surface area contributed by atoms with Gasteiger partial charge in [-0.1, -0.05) is 5.16 Å². The summed E-state index contributed by atoms with van der Waals surface area (Å²) in [6.45, 7) is 0. The van der Waals surface area contributed by atoms with Crippen molar-refractivity contribution in [1.82, 2.24) is 0 Å². The van der Waals surface area contributed by atoms with Gasteiger partial charge < -0.3 is 19.4 Å². The highest BCUT2D eigenvalue weighted by Crippen LogP contribution is 2.38. The number of nitrogens with zero attached hydrogens (tertiary/aromatic N) is 1. The molecule has 1 rings (SSSR count). The summed E-state index contributed by atoms with van der Waals surface area (Å²) in [7, 11) is 4.37. The molecular weight excluding hydrogens is 226 g/mol. The molecule has 0 saturated heterocycles. The van der Waals surface area contributed by atoms with Crippen molar-refractivity contribution >= 4 is 12.0 Å². The van der Waals surface area contributed by atoms with Gasteiger partial charge in [0.15, 0.2) is 11.5 Å². The standard InChI is InChI=1S/C11H13NO5/c1-15-9-4-7(8(13)6-12-14)5-10(16-2)11(9)17-3/h4-6,14H,1-3H3/b12-6-. The van der Waals surface area contributed by atoms with Crippen LogP contribution in [0.5, 0.6) is 17.2 Å². The van der Waals surface area contributed by atoms with Gasteiger partial charge >= 0.3 is 0 Å². The largest absolute Gasteiger partial charge is 0.493 e. The Morgan fingerprint density at radius 1 is 1.18 bits per heavy atom. The van der Waals surface area contributed by atoms with Crippen LogP contribution in [0.15, 0.2) is 17.3 Å². The second kappa shape index (κ2) is 5.74. The van der Waals surface area contributed by atoms with Crippen LogP contribution in [-0.4, -0.2) is 38.5 Å². The molecule has 0 amide bonds. The lowest BCUT2D eigenvalue weighted by molar-refractivity contribution is 0.106. The monoisotopic (exact) mass is 239 g/mol. The number of carbonyl (C=O) groups excluding carboxylic acids is 1. The molecule has 0 aliphatic rings. The molecule has 0 bridgehead atoms. The summed E-state index contributed by atoms with van der Waals surface area (Å²) < 4.78 is 15.3. The Labute approximate surface area is 98.4 Å². The third-order valence-electron chi connectivity index (χ3n) is 2.12. The number of benzene rings is 1. The summed E-state index contributed by atoms with van der Waals surface area (Å²) in [6.07, 6.45) is 0.792. The van der Waals surface area contributed by atoms with E-state index in [1.165, 1.54) is 33.5 Å². The van der Waals surface area contributed by atoms with E-state index in [9.17, 15) is 4.79 Å². The van der Waals surface area contributed by atoms with Crippen LogP contribution in [-0.2, 0) is 0 Å². The number of methoxy groups -OCH3 is 3. The minimum Gasteiger partial charge on any atom is -0.493 e. The first-order valence-corrected chi connectivity index (χ1v) is 4.69. The Morgan fingerprint density at radius 2 is 1.71 bits per heavy atom. The summed E-state index contributed by atoms with van der Waals surface area (Å²) in [4.78, 5) is 11.5. The van der Waals surface area contributed by atoms with Gasteiger partial charge in [-0.05, 0) is 12.1 Å². The van der Waals surface area contributed by atoms with Gasteiger partial charge in [0.05, 0.1) is 21.3 Å². The van der Waals surface area contributed by atoms with E-state index >= 15 is 0 Å². The second-order valence-electron chi connectivity index (χ2n) is 3.02. The SMILES string of the molecule is COc1cc(C(=O)/C=N\O)cc(OC)c1OC. The van der Waals surface area contributed by atoms with Crippen LogP contribution in [0.1, 0.15) is 10.4 Å². The summed E-state index contributed by atoms with van der Waals surface area (Å²) in [5.41, 5.74) is 0.275. The molecule has 0 atom stereocenters. The van der Waals surface area contributed by atoms with Crippen molar-refractivity contribution in [2.24, 2.45) is 5.16 Å². The van der Waals surface area contributed by atoms with Crippen molar-refractivity contribution in [2.45, 2.75) is 0 Å². The van der Waals surface area contributed by atoms with Crippen molar-refractivity contribution < 1.29 is 24.2 Å². The molecule has 92 valence electrons. The number of ether oxygens (including phenoxy) is 3. The molecule has 0 radical (unpaired) electrons. The molecule has 0 fully saturated rings. The Morgan fingerprint density at radius 3 is 2.06 bits per heavy atom. The van der Waals surface area contributed by atoms with E-state index in [-0.39, 0.29) is 5.56 Å². The van der Waals surface area contributed by atoms with Gasteiger partial charge in [-0.2, -0.15) is 0 Å². The average molecular weight is 239 g/mol. The first-order chi connectivity index (χ1) is 8.17. The first-order valence-electron chi connectivity index (χ1n) is 4.69. The van der Waals surface area contributed by atoms with Crippen molar-refractivity contribution in [2.75, 3.05) is 21.3 Å². The molecule has 1 aromatic rings. The Bertz CT molecular complexity index is 416. The summed E-state index contributed by atoms with van der Waals surface area (Å²) in [5.74, 6) is 0.655. The maximum absolute atomic E-state index is 11.5. The first kappa shape index (κ1) is 12.8. The van der Waals surface area contributed by atoms with Crippen LogP contribution in [0.3, 0.4) is 0 Å². The number of hydrogen-bond donors (Lipinski definition) is 1. The van der Waals surface area contributed by atoms with E-state index in [1.54, 1.807) is 0 Å². The number of ketones is 1. The number of rotatable bonds is 5. The van der Waals surface area contributed by atoms with E-state index in [4.69, 9.17) is 19.4 Å². The highest BCUT2D eigenvalue weighted by atomic mass is 16.5. The lowest BCUT2D eigenvalue weighted by atomic mass is 10.1. The van der Waals surface area contributed by atoms with Gasteiger partial charge in [0, 0.05) is 5.56 Å². The third kappa shape index (κ3) is 2.66. The van der Waals surface area contributed by atoms with Gasteiger partial charge in [0.1, 0.15) is 6.21 Å². The lowest BCUT2D eigenvalue weighted by Gasteiger charge is -2.12. The van der Waals surface area contributed by atoms with Gasteiger partial charge in [0.25, 0.3) is 0 Å². The van der Waals surface area contributed by atoms with E-state index < -0.39 is 5.78 Å². The zero-order chi connectivity index (χ0) is 12.8. The number of Topliss-reactive ketones (excluding diaryl/α,β-unsaturated/α-hetero) is 1. The summed E-state index contributed by atoms with van der Waals surface area (Å²) in [5, 5.41) is 11.0. The molecule has 0 spiro atoms. The van der Waals surface area contributed by atoms with Crippen molar-refractivity contribution in [3.8, 4) is 17.2 Å². The number of carbonyl (C=O) groups is 1. The highest BCUT2D eigenvalue weighted by molar-refractivity contribution is 6.35. The molecule has 0 aliphatic carbocycles. The third-order valence-corrected chi connectivity index (χ3v) is 2.12. The van der Waals surface area contributed by atoms with Crippen LogP contribution in [0.2, 0.25) is 0 Å². The van der Waals surface area contributed by atoms with Crippen molar-refractivity contribution in [3.05, 3.63) is 17.7 Å². The molecule has 0 heterocycles.